The van der Waals surface area contributed by atoms with Crippen LogP contribution >= 0.6 is 0 Å². The predicted molar refractivity (Wildman–Crippen MR) is 72.7 cm³/mol. The molecule has 6 nitrogen and oxygen atoms in total. The van der Waals surface area contributed by atoms with E-state index in [1.807, 2.05) is 6.07 Å². The van der Waals surface area contributed by atoms with Gasteiger partial charge in [0.15, 0.2) is 5.96 Å². The van der Waals surface area contributed by atoms with Crippen LogP contribution in [0.1, 0.15) is 18.4 Å². The van der Waals surface area contributed by atoms with E-state index in [9.17, 15) is 4.79 Å². The number of amides is 1. The quantitative estimate of drug-likeness (QED) is 0.602. The first-order valence-electron chi connectivity index (χ1n) is 6.41. The molecule has 0 aromatic carbocycles. The van der Waals surface area contributed by atoms with Gasteiger partial charge in [0.1, 0.15) is 0 Å². The monoisotopic (exact) mass is 264 g/mol. The summed E-state index contributed by atoms with van der Waals surface area (Å²) in [4.78, 5) is 17.5. The van der Waals surface area contributed by atoms with E-state index in [1.165, 1.54) is 0 Å². The fourth-order valence-corrected chi connectivity index (χ4v) is 1.44. The van der Waals surface area contributed by atoms with Gasteiger partial charge in [-0.15, -0.1) is 0 Å². The summed E-state index contributed by atoms with van der Waals surface area (Å²) < 4.78 is 5.00. The van der Waals surface area contributed by atoms with Gasteiger partial charge in [0.25, 0.3) is 0 Å². The van der Waals surface area contributed by atoms with Gasteiger partial charge >= 0.3 is 0 Å². The number of aliphatic imine (C=N–C) groups is 1. The second kappa shape index (κ2) is 6.26. The fraction of sp³-hybridized carbons (Fsp3) is 0.538. The van der Waals surface area contributed by atoms with Crippen LogP contribution in [0.25, 0.3) is 0 Å². The summed E-state index contributed by atoms with van der Waals surface area (Å²) in [6, 6.07) is 2.37. The summed E-state index contributed by atoms with van der Waals surface area (Å²) in [6.45, 7) is 0.783. The van der Waals surface area contributed by atoms with Crippen LogP contribution in [0.2, 0.25) is 0 Å². The van der Waals surface area contributed by atoms with E-state index in [2.05, 4.69) is 15.6 Å². The second-order valence-corrected chi connectivity index (χ2v) is 4.86. The van der Waals surface area contributed by atoms with Crippen LogP contribution < -0.4 is 10.6 Å². The van der Waals surface area contributed by atoms with Gasteiger partial charge in [-0.3, -0.25) is 4.79 Å². The number of rotatable bonds is 5. The number of guanidine groups is 1. The summed E-state index contributed by atoms with van der Waals surface area (Å²) in [5.41, 5.74) is 1.01. The number of carbonyl (C=O) groups is 1. The maximum Gasteiger partial charge on any atom is 0.241 e. The molecular weight excluding hydrogens is 244 g/mol. The van der Waals surface area contributed by atoms with E-state index in [0.29, 0.717) is 18.5 Å². The van der Waals surface area contributed by atoms with Crippen molar-refractivity contribution < 1.29 is 9.21 Å². The van der Waals surface area contributed by atoms with Crippen molar-refractivity contribution in [3.05, 3.63) is 24.2 Å². The molecule has 1 aliphatic carbocycles. The molecule has 1 aliphatic rings. The van der Waals surface area contributed by atoms with Crippen LogP contribution in [-0.4, -0.2) is 43.4 Å². The zero-order chi connectivity index (χ0) is 13.7. The van der Waals surface area contributed by atoms with Gasteiger partial charge in [0.2, 0.25) is 5.91 Å². The first-order valence-corrected chi connectivity index (χ1v) is 6.41. The summed E-state index contributed by atoms with van der Waals surface area (Å²) in [5, 5.41) is 6.34. The van der Waals surface area contributed by atoms with Crippen molar-refractivity contribution in [3.63, 3.8) is 0 Å². The average molecular weight is 264 g/mol. The fourth-order valence-electron chi connectivity index (χ4n) is 1.44. The third kappa shape index (κ3) is 4.65. The Bertz CT molecular complexity index is 436. The maximum absolute atomic E-state index is 11.5. The number of likely N-dealkylation sites (N-methyl/N-ethyl adjacent to an activating group) is 1. The van der Waals surface area contributed by atoms with Gasteiger partial charge in [0, 0.05) is 25.7 Å². The molecule has 1 amide bonds. The number of furan rings is 1. The lowest BCUT2D eigenvalue weighted by Crippen LogP contribution is -2.43. The Hall–Kier alpha value is -1.98. The molecule has 1 heterocycles. The lowest BCUT2D eigenvalue weighted by atomic mass is 10.3. The zero-order valence-electron chi connectivity index (χ0n) is 11.3. The maximum atomic E-state index is 11.5. The Morgan fingerprint density at radius 1 is 1.53 bits per heavy atom. The number of nitrogens with one attached hydrogen (secondary N) is 2. The lowest BCUT2D eigenvalue weighted by Gasteiger charge is -2.14. The Balaban J connectivity index is 1.87. The van der Waals surface area contributed by atoms with Gasteiger partial charge in [-0.05, 0) is 18.9 Å². The van der Waals surface area contributed by atoms with Gasteiger partial charge in [0.05, 0.1) is 25.6 Å². The molecular formula is C13H20N4O2. The highest BCUT2D eigenvalue weighted by molar-refractivity contribution is 5.86. The van der Waals surface area contributed by atoms with Gasteiger partial charge in [-0.1, -0.05) is 0 Å². The Labute approximate surface area is 112 Å². The highest BCUT2D eigenvalue weighted by Crippen LogP contribution is 2.18. The minimum absolute atomic E-state index is 0.0219. The van der Waals surface area contributed by atoms with Crippen LogP contribution in [0.5, 0.6) is 0 Å². The number of hydrogen-bond acceptors (Lipinski definition) is 3. The van der Waals surface area contributed by atoms with Crippen molar-refractivity contribution >= 4 is 11.9 Å². The highest BCUT2D eigenvalue weighted by Gasteiger charge is 2.22. The lowest BCUT2D eigenvalue weighted by molar-refractivity contribution is -0.127. The van der Waals surface area contributed by atoms with Gasteiger partial charge < -0.3 is 20.0 Å². The van der Waals surface area contributed by atoms with Crippen LogP contribution in [-0.2, 0) is 11.3 Å². The first kappa shape index (κ1) is 13.5. The molecule has 104 valence electrons. The normalized spacial score (nSPS) is 15.2. The summed E-state index contributed by atoms with van der Waals surface area (Å²) in [5.74, 6) is 0.701. The van der Waals surface area contributed by atoms with Crippen molar-refractivity contribution in [1.29, 1.82) is 0 Å². The molecule has 2 N–H and O–H groups in total. The van der Waals surface area contributed by atoms with Crippen LogP contribution in [0.15, 0.2) is 28.0 Å². The standard InChI is InChI=1S/C13H20N4O2/c1-17(2)12(18)8-15-13(16-11-3-4-11)14-7-10-5-6-19-9-10/h5-6,9,11H,3-4,7-8H2,1-2H3,(H2,14,15,16). The molecule has 0 saturated heterocycles. The van der Waals surface area contributed by atoms with Crippen LogP contribution in [0.3, 0.4) is 0 Å². The molecule has 0 spiro atoms. The predicted octanol–water partition coefficient (Wildman–Crippen LogP) is 0.565. The van der Waals surface area contributed by atoms with E-state index < -0.39 is 0 Å². The third-order valence-electron chi connectivity index (χ3n) is 2.82. The molecule has 1 aromatic rings. The Morgan fingerprint density at radius 2 is 2.32 bits per heavy atom. The molecule has 0 radical (unpaired) electrons. The topological polar surface area (TPSA) is 69.9 Å². The zero-order valence-corrected chi connectivity index (χ0v) is 11.3. The molecule has 0 aliphatic heterocycles. The minimum Gasteiger partial charge on any atom is -0.472 e. The summed E-state index contributed by atoms with van der Waals surface area (Å²) in [7, 11) is 3.47. The molecule has 0 unspecified atom stereocenters. The van der Waals surface area contributed by atoms with Crippen LogP contribution in [0, 0.1) is 0 Å². The van der Waals surface area contributed by atoms with Gasteiger partial charge in [-0.25, -0.2) is 4.99 Å². The molecule has 1 fully saturated rings. The molecule has 0 atom stereocenters. The van der Waals surface area contributed by atoms with Crippen molar-refractivity contribution in [3.8, 4) is 0 Å². The minimum atomic E-state index is 0.0219. The number of hydrogen-bond donors (Lipinski definition) is 2. The van der Waals surface area contributed by atoms with Crippen molar-refractivity contribution in [2.24, 2.45) is 4.99 Å². The summed E-state index contributed by atoms with van der Waals surface area (Å²) >= 11 is 0. The van der Waals surface area contributed by atoms with E-state index in [-0.39, 0.29) is 12.5 Å². The molecule has 2 rings (SSSR count). The average Bonchev–Trinajstić information content (AvgIpc) is 3.04. The Morgan fingerprint density at radius 3 is 2.89 bits per heavy atom. The van der Waals surface area contributed by atoms with Crippen molar-refractivity contribution in [2.75, 3.05) is 20.6 Å². The largest absolute Gasteiger partial charge is 0.472 e. The highest BCUT2D eigenvalue weighted by atomic mass is 16.3. The summed E-state index contributed by atoms with van der Waals surface area (Å²) in [6.07, 6.45) is 5.62. The van der Waals surface area contributed by atoms with E-state index >= 15 is 0 Å². The number of nitrogens with zero attached hydrogens (tertiary/aromatic N) is 2. The molecule has 6 heteroatoms. The molecule has 19 heavy (non-hydrogen) atoms. The van der Waals surface area contributed by atoms with Gasteiger partial charge in [-0.2, -0.15) is 0 Å². The SMILES string of the molecule is CN(C)C(=O)CNC(=NCc1ccoc1)NC1CC1. The third-order valence-corrected chi connectivity index (χ3v) is 2.82. The number of carbonyl (C=O) groups excluding carboxylic acids is 1. The molecule has 1 aromatic heterocycles. The van der Waals surface area contributed by atoms with E-state index in [0.717, 1.165) is 18.4 Å². The molecule has 1 saturated carbocycles. The van der Waals surface area contributed by atoms with Crippen LogP contribution in [0.4, 0.5) is 0 Å². The van der Waals surface area contributed by atoms with E-state index in [1.54, 1.807) is 31.5 Å². The molecule has 0 bridgehead atoms. The first-order chi connectivity index (χ1) is 9.15. The van der Waals surface area contributed by atoms with Crippen molar-refractivity contribution in [2.45, 2.75) is 25.4 Å². The smallest absolute Gasteiger partial charge is 0.241 e. The van der Waals surface area contributed by atoms with Crippen molar-refractivity contribution in [1.82, 2.24) is 15.5 Å². The second-order valence-electron chi connectivity index (χ2n) is 4.86. The van der Waals surface area contributed by atoms with E-state index in [4.69, 9.17) is 4.42 Å². The Kier molecular flexibility index (Phi) is 4.43.